The van der Waals surface area contributed by atoms with E-state index in [4.69, 9.17) is 9.47 Å². The highest BCUT2D eigenvalue weighted by molar-refractivity contribution is 5.97. The number of esters is 1. The van der Waals surface area contributed by atoms with E-state index in [0.29, 0.717) is 36.1 Å². The molecule has 188 valence electrons. The monoisotopic (exact) mass is 472 g/mol. The summed E-state index contributed by atoms with van der Waals surface area (Å²) in [5.74, 6) is 0.212. The number of rotatable bonds is 4. The van der Waals surface area contributed by atoms with Crippen LogP contribution < -0.4 is 5.32 Å². The minimum absolute atomic E-state index is 0.228. The summed E-state index contributed by atoms with van der Waals surface area (Å²) in [7, 11) is 0. The van der Waals surface area contributed by atoms with E-state index in [2.05, 4.69) is 5.32 Å². The van der Waals surface area contributed by atoms with Crippen LogP contribution in [0.3, 0.4) is 0 Å². The molecule has 1 saturated carbocycles. The summed E-state index contributed by atoms with van der Waals surface area (Å²) in [4.78, 5) is 40.1. The Morgan fingerprint density at radius 3 is 2.00 bits per heavy atom. The molecular weight excluding hydrogens is 432 g/mol. The van der Waals surface area contributed by atoms with Crippen LogP contribution in [-0.4, -0.2) is 46.7 Å². The van der Waals surface area contributed by atoms with E-state index in [1.165, 1.54) is 19.3 Å². The highest BCUT2D eigenvalue weighted by atomic mass is 16.6. The van der Waals surface area contributed by atoms with E-state index in [-0.39, 0.29) is 5.91 Å². The molecule has 34 heavy (non-hydrogen) atoms. The van der Waals surface area contributed by atoms with Crippen LogP contribution in [0, 0.1) is 11.8 Å². The Labute approximate surface area is 203 Å². The number of hydrogen-bond acceptors (Lipinski definition) is 5. The molecule has 0 spiro atoms. The Kier molecular flexibility index (Phi) is 7.94. The van der Waals surface area contributed by atoms with Crippen molar-refractivity contribution in [3.05, 3.63) is 29.8 Å². The quantitative estimate of drug-likeness (QED) is 0.561. The number of amides is 2. The molecule has 2 amide bonds. The third kappa shape index (κ3) is 7.21. The molecule has 1 saturated heterocycles. The first kappa shape index (κ1) is 26.0. The van der Waals surface area contributed by atoms with E-state index in [1.807, 2.05) is 41.5 Å². The molecule has 0 unspecified atom stereocenters. The van der Waals surface area contributed by atoms with Gasteiger partial charge in [0.25, 0.3) is 0 Å². The van der Waals surface area contributed by atoms with Gasteiger partial charge in [0.1, 0.15) is 17.2 Å². The summed E-state index contributed by atoms with van der Waals surface area (Å²) in [5, 5.41) is 2.93. The molecule has 1 aromatic carbocycles. The van der Waals surface area contributed by atoms with Gasteiger partial charge in [0.05, 0.1) is 5.56 Å². The van der Waals surface area contributed by atoms with E-state index < -0.39 is 29.3 Å². The lowest BCUT2D eigenvalue weighted by atomic mass is 9.79. The molecule has 1 aliphatic carbocycles. The molecular formula is C27H40N2O5. The molecule has 2 aliphatic rings. The van der Waals surface area contributed by atoms with Crippen LogP contribution >= 0.6 is 0 Å². The Hall–Kier alpha value is -2.57. The van der Waals surface area contributed by atoms with Crippen LogP contribution in [0.25, 0.3) is 0 Å². The largest absolute Gasteiger partial charge is 0.456 e. The van der Waals surface area contributed by atoms with Gasteiger partial charge < -0.3 is 14.8 Å². The fourth-order valence-corrected chi connectivity index (χ4v) is 4.84. The Balaban J connectivity index is 1.70. The number of nitrogens with one attached hydrogen (secondary N) is 1. The Morgan fingerprint density at radius 1 is 0.853 bits per heavy atom. The highest BCUT2D eigenvalue weighted by Gasteiger charge is 2.44. The van der Waals surface area contributed by atoms with E-state index in [1.54, 1.807) is 29.2 Å². The summed E-state index contributed by atoms with van der Waals surface area (Å²) in [5.41, 5.74) is -0.213. The average Bonchev–Trinajstić information content (AvgIpc) is 3.18. The summed E-state index contributed by atoms with van der Waals surface area (Å²) < 4.78 is 11.0. The summed E-state index contributed by atoms with van der Waals surface area (Å²) in [6, 6.07) is 6.06. The normalized spacial score (nSPS) is 21.8. The molecule has 1 aliphatic heterocycles. The van der Waals surface area contributed by atoms with Crippen molar-refractivity contribution in [2.24, 2.45) is 11.8 Å². The van der Waals surface area contributed by atoms with Crippen LogP contribution in [-0.2, 0) is 14.3 Å². The molecule has 1 aromatic rings. The number of nitrogens with zero attached hydrogens (tertiary/aromatic N) is 1. The van der Waals surface area contributed by atoms with Crippen LogP contribution in [0.2, 0.25) is 0 Å². The lowest BCUT2D eigenvalue weighted by molar-refractivity contribution is -0.120. The lowest BCUT2D eigenvalue weighted by Crippen LogP contribution is -2.45. The zero-order valence-electron chi connectivity index (χ0n) is 21.5. The van der Waals surface area contributed by atoms with Crippen LogP contribution in [0.15, 0.2) is 24.3 Å². The zero-order chi connectivity index (χ0) is 25.1. The highest BCUT2D eigenvalue weighted by Crippen LogP contribution is 2.38. The second-order valence-electron chi connectivity index (χ2n) is 11.6. The minimum Gasteiger partial charge on any atom is -0.456 e. The number of carbonyl (C=O) groups excluding carboxylic acids is 3. The van der Waals surface area contributed by atoms with Gasteiger partial charge in [0, 0.05) is 12.2 Å². The van der Waals surface area contributed by atoms with Crippen molar-refractivity contribution < 1.29 is 23.9 Å². The minimum atomic E-state index is -0.626. The third-order valence-electron chi connectivity index (χ3n) is 6.37. The standard InChI is InChI=1S/C27H40N2O5/c1-26(2,3)33-24(31)19-12-14-21(15-13-19)28-23(30)22-16-20(18-10-8-7-9-11-18)17-29(22)25(32)34-27(4,5)6/h12-15,18,20,22H,7-11,16-17H2,1-6H3,(H,28,30)/t20-,22-/m0/s1. The zero-order valence-corrected chi connectivity index (χ0v) is 21.5. The van der Waals surface area contributed by atoms with E-state index in [0.717, 1.165) is 12.8 Å². The lowest BCUT2D eigenvalue weighted by Gasteiger charge is -2.29. The maximum atomic E-state index is 13.3. The number of benzene rings is 1. The molecule has 2 fully saturated rings. The smallest absolute Gasteiger partial charge is 0.410 e. The van der Waals surface area contributed by atoms with Gasteiger partial charge in [-0.1, -0.05) is 32.1 Å². The van der Waals surface area contributed by atoms with Gasteiger partial charge >= 0.3 is 12.1 Å². The van der Waals surface area contributed by atoms with Gasteiger partial charge in [0.2, 0.25) is 5.91 Å². The first-order valence-corrected chi connectivity index (χ1v) is 12.5. The number of anilines is 1. The van der Waals surface area contributed by atoms with E-state index in [9.17, 15) is 14.4 Å². The average molecular weight is 473 g/mol. The molecule has 0 radical (unpaired) electrons. The summed E-state index contributed by atoms with van der Waals surface area (Å²) in [6.07, 6.45) is 6.23. The molecule has 7 nitrogen and oxygen atoms in total. The Bertz CT molecular complexity index is 876. The molecule has 1 heterocycles. The summed E-state index contributed by atoms with van der Waals surface area (Å²) >= 11 is 0. The molecule has 0 aromatic heterocycles. The SMILES string of the molecule is CC(C)(C)OC(=O)c1ccc(NC(=O)[C@@H]2C[C@H](C3CCCCC3)CN2C(=O)OC(C)(C)C)cc1. The second kappa shape index (κ2) is 10.4. The van der Waals surface area contributed by atoms with Gasteiger partial charge in [0.15, 0.2) is 0 Å². The third-order valence-corrected chi connectivity index (χ3v) is 6.37. The van der Waals surface area contributed by atoms with Crippen molar-refractivity contribution in [2.45, 2.75) is 97.3 Å². The fraction of sp³-hybridized carbons (Fsp3) is 0.667. The first-order valence-electron chi connectivity index (χ1n) is 12.5. The molecule has 3 rings (SSSR count). The van der Waals surface area contributed by atoms with Crippen LogP contribution in [0.5, 0.6) is 0 Å². The molecule has 7 heteroatoms. The van der Waals surface area contributed by atoms with Crippen molar-refractivity contribution in [1.29, 1.82) is 0 Å². The van der Waals surface area contributed by atoms with E-state index >= 15 is 0 Å². The fourth-order valence-electron chi connectivity index (χ4n) is 4.84. The van der Waals surface area contributed by atoms with Crippen molar-refractivity contribution in [1.82, 2.24) is 4.90 Å². The maximum absolute atomic E-state index is 13.3. The second-order valence-corrected chi connectivity index (χ2v) is 11.6. The van der Waals surface area contributed by atoms with Gasteiger partial charge in [-0.2, -0.15) is 0 Å². The van der Waals surface area contributed by atoms with Crippen molar-refractivity contribution >= 4 is 23.7 Å². The summed E-state index contributed by atoms with van der Waals surface area (Å²) in [6.45, 7) is 11.5. The first-order chi connectivity index (χ1) is 15.8. The number of ether oxygens (including phenoxy) is 2. The van der Waals surface area contributed by atoms with Gasteiger partial charge in [-0.15, -0.1) is 0 Å². The Morgan fingerprint density at radius 2 is 1.44 bits per heavy atom. The molecule has 2 atom stereocenters. The van der Waals surface area contributed by atoms with Crippen molar-refractivity contribution in [3.63, 3.8) is 0 Å². The van der Waals surface area contributed by atoms with Crippen molar-refractivity contribution in [2.75, 3.05) is 11.9 Å². The van der Waals surface area contributed by atoms with Crippen LogP contribution in [0.1, 0.15) is 90.4 Å². The predicted molar refractivity (Wildman–Crippen MR) is 132 cm³/mol. The molecule has 1 N–H and O–H groups in total. The number of carbonyl (C=O) groups is 3. The maximum Gasteiger partial charge on any atom is 0.410 e. The predicted octanol–water partition coefficient (Wildman–Crippen LogP) is 5.79. The number of hydrogen-bond donors (Lipinski definition) is 1. The topological polar surface area (TPSA) is 84.9 Å². The van der Waals surface area contributed by atoms with Gasteiger partial charge in [-0.05, 0) is 84.1 Å². The molecule has 0 bridgehead atoms. The van der Waals surface area contributed by atoms with Crippen LogP contribution in [0.4, 0.5) is 10.5 Å². The van der Waals surface area contributed by atoms with Gasteiger partial charge in [-0.3, -0.25) is 9.69 Å². The van der Waals surface area contributed by atoms with Gasteiger partial charge in [-0.25, -0.2) is 9.59 Å². The van der Waals surface area contributed by atoms with Crippen molar-refractivity contribution in [3.8, 4) is 0 Å². The number of likely N-dealkylation sites (tertiary alicyclic amines) is 1.